The van der Waals surface area contributed by atoms with Crippen molar-refractivity contribution in [2.24, 2.45) is 10.3 Å². The molecule has 2 heterocycles. The van der Waals surface area contributed by atoms with E-state index in [1.807, 2.05) is 6.07 Å². The Morgan fingerprint density at radius 2 is 2.20 bits per heavy atom. The van der Waals surface area contributed by atoms with Crippen LogP contribution >= 0.6 is 0 Å². The first-order valence-corrected chi connectivity index (χ1v) is 8.41. The molecule has 0 aliphatic carbocycles. The number of piperidine rings is 1. The van der Waals surface area contributed by atoms with E-state index in [-0.39, 0.29) is 4.90 Å². The highest BCUT2D eigenvalue weighted by molar-refractivity contribution is 7.90. The molecule has 108 valence electrons. The van der Waals surface area contributed by atoms with Gasteiger partial charge in [-0.1, -0.05) is 19.1 Å². The Morgan fingerprint density at radius 3 is 3.00 bits per heavy atom. The van der Waals surface area contributed by atoms with Gasteiger partial charge in [-0.3, -0.25) is 4.90 Å². The molecular formula is C14H19N3O2S. The van der Waals surface area contributed by atoms with Crippen LogP contribution in [0.15, 0.2) is 33.6 Å². The van der Waals surface area contributed by atoms with Crippen LogP contribution in [0, 0.1) is 5.92 Å². The number of anilines is 1. The third kappa shape index (κ3) is 2.71. The molecule has 6 heteroatoms. The Morgan fingerprint density at radius 1 is 1.40 bits per heavy atom. The van der Waals surface area contributed by atoms with E-state index in [0.717, 1.165) is 19.5 Å². The summed E-state index contributed by atoms with van der Waals surface area (Å²) in [6, 6.07) is 6.90. The van der Waals surface area contributed by atoms with Gasteiger partial charge in [0.2, 0.25) is 0 Å². The molecule has 0 radical (unpaired) electrons. The molecule has 1 aromatic carbocycles. The Balaban J connectivity index is 1.81. The summed E-state index contributed by atoms with van der Waals surface area (Å²) >= 11 is 0. The van der Waals surface area contributed by atoms with Crippen molar-refractivity contribution in [2.75, 3.05) is 25.0 Å². The van der Waals surface area contributed by atoms with E-state index in [4.69, 9.17) is 0 Å². The SMILES string of the molecule is CC1CCCN(CC2=NS(=O)(=O)c3ccccc3N2)C1. The summed E-state index contributed by atoms with van der Waals surface area (Å²) in [5, 5.41) is 3.14. The van der Waals surface area contributed by atoms with Gasteiger partial charge >= 0.3 is 0 Å². The summed E-state index contributed by atoms with van der Waals surface area (Å²) in [5.41, 5.74) is 0.627. The van der Waals surface area contributed by atoms with Gasteiger partial charge in [0.1, 0.15) is 10.7 Å². The number of likely N-dealkylation sites (tertiary alicyclic amines) is 1. The molecule has 1 saturated heterocycles. The van der Waals surface area contributed by atoms with E-state index < -0.39 is 10.0 Å². The van der Waals surface area contributed by atoms with Crippen LogP contribution in [0.5, 0.6) is 0 Å². The number of para-hydroxylation sites is 1. The molecule has 1 atom stereocenters. The molecule has 1 N–H and O–H groups in total. The second-order valence-electron chi connectivity index (χ2n) is 5.62. The molecule has 3 rings (SSSR count). The van der Waals surface area contributed by atoms with Gasteiger partial charge in [0.05, 0.1) is 12.2 Å². The van der Waals surface area contributed by atoms with E-state index in [1.54, 1.807) is 18.2 Å². The first-order chi connectivity index (χ1) is 9.54. The van der Waals surface area contributed by atoms with Gasteiger partial charge in [0.25, 0.3) is 10.0 Å². The number of nitrogens with one attached hydrogen (secondary N) is 1. The highest BCUT2D eigenvalue weighted by Crippen LogP contribution is 2.27. The topological polar surface area (TPSA) is 61.8 Å². The number of rotatable bonds is 2. The minimum absolute atomic E-state index is 0.260. The normalized spacial score (nSPS) is 25.4. The second-order valence-corrected chi connectivity index (χ2v) is 7.19. The molecule has 0 aromatic heterocycles. The van der Waals surface area contributed by atoms with Crippen LogP contribution < -0.4 is 5.32 Å². The fraction of sp³-hybridized carbons (Fsp3) is 0.500. The summed E-state index contributed by atoms with van der Waals surface area (Å²) in [4.78, 5) is 2.53. The second kappa shape index (κ2) is 5.18. The highest BCUT2D eigenvalue weighted by atomic mass is 32.2. The van der Waals surface area contributed by atoms with E-state index in [0.29, 0.717) is 24.0 Å². The van der Waals surface area contributed by atoms with Crippen molar-refractivity contribution in [3.63, 3.8) is 0 Å². The zero-order chi connectivity index (χ0) is 14.2. The predicted molar refractivity (Wildman–Crippen MR) is 79.5 cm³/mol. The third-order valence-electron chi connectivity index (χ3n) is 3.79. The molecule has 0 bridgehead atoms. The van der Waals surface area contributed by atoms with E-state index in [2.05, 4.69) is 21.5 Å². The summed E-state index contributed by atoms with van der Waals surface area (Å²) in [6.07, 6.45) is 2.41. The zero-order valence-electron chi connectivity index (χ0n) is 11.5. The fourth-order valence-electron chi connectivity index (χ4n) is 2.88. The number of nitrogens with zero attached hydrogens (tertiary/aromatic N) is 2. The number of benzene rings is 1. The molecule has 1 aromatic rings. The summed E-state index contributed by atoms with van der Waals surface area (Å²) < 4.78 is 28.2. The minimum atomic E-state index is -3.56. The molecule has 20 heavy (non-hydrogen) atoms. The lowest BCUT2D eigenvalue weighted by Gasteiger charge is -2.31. The Kier molecular flexibility index (Phi) is 3.52. The van der Waals surface area contributed by atoms with Crippen molar-refractivity contribution in [1.82, 2.24) is 4.90 Å². The maximum atomic E-state index is 12.1. The average molecular weight is 293 g/mol. The molecule has 0 spiro atoms. The van der Waals surface area contributed by atoms with Gasteiger partial charge in [-0.2, -0.15) is 8.42 Å². The minimum Gasteiger partial charge on any atom is -0.341 e. The molecule has 0 saturated carbocycles. The van der Waals surface area contributed by atoms with Crippen LogP contribution in [0.3, 0.4) is 0 Å². The molecule has 1 fully saturated rings. The van der Waals surface area contributed by atoms with Gasteiger partial charge in [0, 0.05) is 6.54 Å². The number of hydrogen-bond donors (Lipinski definition) is 1. The van der Waals surface area contributed by atoms with Crippen molar-refractivity contribution in [1.29, 1.82) is 0 Å². The largest absolute Gasteiger partial charge is 0.341 e. The maximum Gasteiger partial charge on any atom is 0.286 e. The Labute approximate surface area is 119 Å². The molecule has 2 aliphatic heterocycles. The van der Waals surface area contributed by atoms with E-state index >= 15 is 0 Å². The molecule has 0 amide bonds. The van der Waals surface area contributed by atoms with Gasteiger partial charge in [-0.15, -0.1) is 4.40 Å². The predicted octanol–water partition coefficient (Wildman–Crippen LogP) is 1.93. The summed E-state index contributed by atoms with van der Waals surface area (Å²) in [6.45, 7) is 4.81. The standard InChI is InChI=1S/C14H19N3O2S/c1-11-5-4-8-17(9-11)10-14-15-12-6-2-3-7-13(12)20(18,19)16-14/h2-3,6-7,11H,4-5,8-10H2,1H3,(H,15,16). The van der Waals surface area contributed by atoms with Crippen LogP contribution in [-0.2, 0) is 10.0 Å². The molecule has 2 aliphatic rings. The van der Waals surface area contributed by atoms with Crippen molar-refractivity contribution in [3.8, 4) is 0 Å². The zero-order valence-corrected chi connectivity index (χ0v) is 12.4. The lowest BCUT2D eigenvalue weighted by molar-refractivity contribution is 0.207. The molecular weight excluding hydrogens is 274 g/mol. The average Bonchev–Trinajstić information content (AvgIpc) is 2.38. The van der Waals surface area contributed by atoms with Crippen molar-refractivity contribution < 1.29 is 8.42 Å². The summed E-state index contributed by atoms with van der Waals surface area (Å²) in [7, 11) is -3.56. The van der Waals surface area contributed by atoms with Gasteiger partial charge in [-0.05, 0) is 37.4 Å². The first-order valence-electron chi connectivity index (χ1n) is 6.97. The Bertz CT molecular complexity index is 640. The van der Waals surface area contributed by atoms with Crippen LogP contribution in [-0.4, -0.2) is 38.8 Å². The third-order valence-corrected chi connectivity index (χ3v) is 5.16. The molecule has 5 nitrogen and oxygen atoms in total. The van der Waals surface area contributed by atoms with Crippen LogP contribution in [0.4, 0.5) is 5.69 Å². The van der Waals surface area contributed by atoms with Gasteiger partial charge in [-0.25, -0.2) is 0 Å². The first kappa shape index (κ1) is 13.6. The lowest BCUT2D eigenvalue weighted by Crippen LogP contribution is -2.41. The monoisotopic (exact) mass is 293 g/mol. The van der Waals surface area contributed by atoms with Crippen LogP contribution in [0.25, 0.3) is 0 Å². The van der Waals surface area contributed by atoms with Crippen LogP contribution in [0.1, 0.15) is 19.8 Å². The number of sulfonamides is 1. The summed E-state index contributed by atoms with van der Waals surface area (Å²) in [5.74, 6) is 1.19. The lowest BCUT2D eigenvalue weighted by atomic mass is 10.0. The Hall–Kier alpha value is -1.40. The van der Waals surface area contributed by atoms with Crippen molar-refractivity contribution in [2.45, 2.75) is 24.7 Å². The van der Waals surface area contributed by atoms with Gasteiger partial charge < -0.3 is 5.32 Å². The quantitative estimate of drug-likeness (QED) is 0.905. The number of hydrogen-bond acceptors (Lipinski definition) is 4. The maximum absolute atomic E-state index is 12.1. The van der Waals surface area contributed by atoms with Crippen LogP contribution in [0.2, 0.25) is 0 Å². The van der Waals surface area contributed by atoms with E-state index in [9.17, 15) is 8.42 Å². The number of fused-ring (bicyclic) bond motifs is 1. The number of amidine groups is 1. The van der Waals surface area contributed by atoms with Gasteiger partial charge in [0.15, 0.2) is 0 Å². The highest BCUT2D eigenvalue weighted by Gasteiger charge is 2.26. The van der Waals surface area contributed by atoms with Crippen molar-refractivity contribution in [3.05, 3.63) is 24.3 Å². The van der Waals surface area contributed by atoms with E-state index in [1.165, 1.54) is 6.42 Å². The van der Waals surface area contributed by atoms with Crippen molar-refractivity contribution >= 4 is 21.5 Å². The smallest absolute Gasteiger partial charge is 0.286 e. The fourth-order valence-corrected chi connectivity index (χ4v) is 4.02. The molecule has 1 unspecified atom stereocenters.